The van der Waals surface area contributed by atoms with Crippen molar-refractivity contribution >= 4 is 34.8 Å². The van der Waals surface area contributed by atoms with Crippen LogP contribution in [-0.4, -0.2) is 43.3 Å². The van der Waals surface area contributed by atoms with Gasteiger partial charge in [-0.15, -0.1) is 0 Å². The minimum absolute atomic E-state index is 0.0468. The molecule has 0 radical (unpaired) electrons. The Balaban J connectivity index is 1.93. The SMILES string of the molecule is CCC(=O)Nc1cccc(NC(=O)CNc2cccc(C(=O)N(C)C)c2)c1. The summed E-state index contributed by atoms with van der Waals surface area (Å²) in [5, 5.41) is 8.52. The predicted molar refractivity (Wildman–Crippen MR) is 107 cm³/mol. The maximum Gasteiger partial charge on any atom is 0.253 e. The monoisotopic (exact) mass is 368 g/mol. The molecule has 7 heteroatoms. The highest BCUT2D eigenvalue weighted by Crippen LogP contribution is 2.16. The molecule has 0 spiro atoms. The second-order valence-electron chi connectivity index (χ2n) is 6.16. The van der Waals surface area contributed by atoms with E-state index in [0.29, 0.717) is 29.0 Å². The summed E-state index contributed by atoms with van der Waals surface area (Å²) in [6.45, 7) is 1.82. The summed E-state index contributed by atoms with van der Waals surface area (Å²) in [7, 11) is 3.37. The van der Waals surface area contributed by atoms with Crippen molar-refractivity contribution in [2.45, 2.75) is 13.3 Å². The quantitative estimate of drug-likeness (QED) is 0.701. The number of rotatable bonds is 7. The van der Waals surface area contributed by atoms with Gasteiger partial charge < -0.3 is 20.9 Å². The van der Waals surface area contributed by atoms with Gasteiger partial charge in [0.15, 0.2) is 0 Å². The van der Waals surface area contributed by atoms with Crippen LogP contribution in [-0.2, 0) is 9.59 Å². The first-order valence-electron chi connectivity index (χ1n) is 8.64. The first-order chi connectivity index (χ1) is 12.9. The molecule has 2 aromatic rings. The van der Waals surface area contributed by atoms with E-state index in [4.69, 9.17) is 0 Å². The first-order valence-corrected chi connectivity index (χ1v) is 8.64. The van der Waals surface area contributed by atoms with Crippen LogP contribution >= 0.6 is 0 Å². The van der Waals surface area contributed by atoms with E-state index in [0.717, 1.165) is 0 Å². The standard InChI is InChI=1S/C20H24N4O3/c1-4-18(25)22-16-9-6-10-17(12-16)23-19(26)13-21-15-8-5-7-14(11-15)20(27)24(2)3/h5-12,21H,4,13H2,1-3H3,(H,22,25)(H,23,26). The molecule has 2 rings (SSSR count). The van der Waals surface area contributed by atoms with Crippen LogP contribution < -0.4 is 16.0 Å². The molecule has 3 N–H and O–H groups in total. The molecule has 0 saturated carbocycles. The fraction of sp³-hybridized carbons (Fsp3) is 0.250. The highest BCUT2D eigenvalue weighted by atomic mass is 16.2. The van der Waals surface area contributed by atoms with Crippen LogP contribution in [0.4, 0.5) is 17.1 Å². The molecule has 0 fully saturated rings. The van der Waals surface area contributed by atoms with Gasteiger partial charge in [0.1, 0.15) is 0 Å². The van der Waals surface area contributed by atoms with Crippen LogP contribution in [0.15, 0.2) is 48.5 Å². The molecule has 2 aromatic carbocycles. The number of amides is 3. The van der Waals surface area contributed by atoms with Crippen molar-refractivity contribution in [2.75, 3.05) is 36.6 Å². The van der Waals surface area contributed by atoms with E-state index >= 15 is 0 Å². The number of nitrogens with zero attached hydrogens (tertiary/aromatic N) is 1. The summed E-state index contributed by atoms with van der Waals surface area (Å²) >= 11 is 0. The number of carbonyl (C=O) groups excluding carboxylic acids is 3. The molecule has 3 amide bonds. The van der Waals surface area contributed by atoms with E-state index in [1.165, 1.54) is 4.90 Å². The molecule has 0 aliphatic carbocycles. The van der Waals surface area contributed by atoms with Crippen molar-refractivity contribution in [3.05, 3.63) is 54.1 Å². The van der Waals surface area contributed by atoms with Gasteiger partial charge in [0.25, 0.3) is 5.91 Å². The lowest BCUT2D eigenvalue weighted by molar-refractivity contribution is -0.116. The molecule has 142 valence electrons. The van der Waals surface area contributed by atoms with E-state index in [1.807, 2.05) is 0 Å². The molecule has 0 atom stereocenters. The Morgan fingerprint density at radius 2 is 1.44 bits per heavy atom. The largest absolute Gasteiger partial charge is 0.376 e. The molecule has 0 aromatic heterocycles. The van der Waals surface area contributed by atoms with Gasteiger partial charge >= 0.3 is 0 Å². The molecule has 0 bridgehead atoms. The van der Waals surface area contributed by atoms with Gasteiger partial charge in [0.05, 0.1) is 6.54 Å². The minimum atomic E-state index is -0.238. The van der Waals surface area contributed by atoms with Crippen LogP contribution in [0.3, 0.4) is 0 Å². The van der Waals surface area contributed by atoms with E-state index in [1.54, 1.807) is 69.6 Å². The van der Waals surface area contributed by atoms with Crippen molar-refractivity contribution in [1.29, 1.82) is 0 Å². The van der Waals surface area contributed by atoms with Crippen LogP contribution in [0.25, 0.3) is 0 Å². The Hall–Kier alpha value is -3.35. The maximum absolute atomic E-state index is 12.2. The molecule has 7 nitrogen and oxygen atoms in total. The fourth-order valence-electron chi connectivity index (χ4n) is 2.33. The second-order valence-corrected chi connectivity index (χ2v) is 6.16. The summed E-state index contributed by atoms with van der Waals surface area (Å²) < 4.78 is 0. The normalized spacial score (nSPS) is 10.0. The molecular weight excluding hydrogens is 344 g/mol. The Kier molecular flexibility index (Phi) is 6.93. The molecule has 0 unspecified atom stereocenters. The second kappa shape index (κ2) is 9.38. The first kappa shape index (κ1) is 20.0. The summed E-state index contributed by atoms with van der Waals surface area (Å²) in [6, 6.07) is 13.9. The van der Waals surface area contributed by atoms with Crippen molar-refractivity contribution in [2.24, 2.45) is 0 Å². The third-order valence-electron chi connectivity index (χ3n) is 3.72. The topological polar surface area (TPSA) is 90.5 Å². The van der Waals surface area contributed by atoms with Gasteiger partial charge in [0.2, 0.25) is 11.8 Å². The third kappa shape index (κ3) is 6.14. The van der Waals surface area contributed by atoms with Crippen LogP contribution in [0.5, 0.6) is 0 Å². The van der Waals surface area contributed by atoms with Gasteiger partial charge in [-0.2, -0.15) is 0 Å². The molecule has 0 aliphatic rings. The number of carbonyl (C=O) groups is 3. The lowest BCUT2D eigenvalue weighted by atomic mass is 10.2. The third-order valence-corrected chi connectivity index (χ3v) is 3.72. The van der Waals surface area contributed by atoms with Gasteiger partial charge in [0, 0.05) is 43.1 Å². The van der Waals surface area contributed by atoms with Crippen molar-refractivity contribution in [1.82, 2.24) is 4.90 Å². The van der Waals surface area contributed by atoms with Crippen molar-refractivity contribution < 1.29 is 14.4 Å². The van der Waals surface area contributed by atoms with Gasteiger partial charge in [-0.25, -0.2) is 0 Å². The zero-order valence-corrected chi connectivity index (χ0v) is 15.7. The Labute approximate surface area is 158 Å². The summed E-state index contributed by atoms with van der Waals surface area (Å²) in [5.74, 6) is -0.431. The maximum atomic E-state index is 12.2. The molecule has 0 saturated heterocycles. The highest BCUT2D eigenvalue weighted by molar-refractivity contribution is 5.97. The number of hydrogen-bond donors (Lipinski definition) is 3. The molecule has 27 heavy (non-hydrogen) atoms. The molecule has 0 heterocycles. The zero-order valence-electron chi connectivity index (χ0n) is 15.7. The van der Waals surface area contributed by atoms with Crippen molar-refractivity contribution in [3.8, 4) is 0 Å². The smallest absolute Gasteiger partial charge is 0.253 e. The highest BCUT2D eigenvalue weighted by Gasteiger charge is 2.09. The van der Waals surface area contributed by atoms with E-state index in [9.17, 15) is 14.4 Å². The number of benzene rings is 2. The predicted octanol–water partition coefficient (Wildman–Crippen LogP) is 2.79. The Morgan fingerprint density at radius 3 is 2.07 bits per heavy atom. The van der Waals surface area contributed by atoms with Gasteiger partial charge in [-0.05, 0) is 36.4 Å². The molecule has 0 aliphatic heterocycles. The summed E-state index contributed by atoms with van der Waals surface area (Å²) in [5.41, 5.74) is 2.45. The van der Waals surface area contributed by atoms with Gasteiger partial charge in [-0.1, -0.05) is 19.1 Å². The van der Waals surface area contributed by atoms with E-state index < -0.39 is 0 Å². The van der Waals surface area contributed by atoms with E-state index in [-0.39, 0.29) is 24.3 Å². The number of anilines is 3. The average Bonchev–Trinajstić information content (AvgIpc) is 2.66. The molecular formula is C20H24N4O3. The minimum Gasteiger partial charge on any atom is -0.376 e. The van der Waals surface area contributed by atoms with Crippen LogP contribution in [0.2, 0.25) is 0 Å². The van der Waals surface area contributed by atoms with Crippen LogP contribution in [0, 0.1) is 0 Å². The summed E-state index contributed by atoms with van der Waals surface area (Å²) in [6.07, 6.45) is 0.385. The lowest BCUT2D eigenvalue weighted by Gasteiger charge is -2.12. The van der Waals surface area contributed by atoms with E-state index in [2.05, 4.69) is 16.0 Å². The fourth-order valence-corrected chi connectivity index (χ4v) is 2.33. The number of hydrogen-bond acceptors (Lipinski definition) is 4. The number of nitrogens with one attached hydrogen (secondary N) is 3. The van der Waals surface area contributed by atoms with Gasteiger partial charge in [-0.3, -0.25) is 14.4 Å². The Bertz CT molecular complexity index is 833. The zero-order chi connectivity index (χ0) is 19.8. The lowest BCUT2D eigenvalue weighted by Crippen LogP contribution is -2.23. The van der Waals surface area contributed by atoms with Crippen LogP contribution in [0.1, 0.15) is 23.7 Å². The average molecular weight is 368 g/mol. The summed E-state index contributed by atoms with van der Waals surface area (Å²) in [4.78, 5) is 37.1. The van der Waals surface area contributed by atoms with Crippen molar-refractivity contribution in [3.63, 3.8) is 0 Å². The Morgan fingerprint density at radius 1 is 0.852 bits per heavy atom.